The number of pyridine rings is 1. The molecular formula is C10H11N5O. The SMILES string of the molecule is Cc1n[nH]nc1C(=O)NCc1ccncc1. The fourth-order valence-electron chi connectivity index (χ4n) is 1.27. The van der Waals surface area contributed by atoms with Gasteiger partial charge in [-0.05, 0) is 24.6 Å². The summed E-state index contributed by atoms with van der Waals surface area (Å²) in [5.41, 5.74) is 1.91. The number of hydrogen-bond acceptors (Lipinski definition) is 4. The number of aromatic amines is 1. The maximum atomic E-state index is 11.7. The Labute approximate surface area is 92.1 Å². The van der Waals surface area contributed by atoms with E-state index in [1.807, 2.05) is 12.1 Å². The molecule has 2 N–H and O–H groups in total. The first-order valence-corrected chi connectivity index (χ1v) is 4.82. The van der Waals surface area contributed by atoms with Crippen molar-refractivity contribution in [3.8, 4) is 0 Å². The molecule has 0 atom stereocenters. The third-order valence-electron chi connectivity index (χ3n) is 2.14. The Morgan fingerprint density at radius 2 is 2.12 bits per heavy atom. The normalized spacial score (nSPS) is 10.1. The van der Waals surface area contributed by atoms with Crippen LogP contribution in [0.25, 0.3) is 0 Å². The Hall–Kier alpha value is -2.24. The maximum absolute atomic E-state index is 11.7. The van der Waals surface area contributed by atoms with Crippen molar-refractivity contribution in [2.24, 2.45) is 0 Å². The Morgan fingerprint density at radius 1 is 1.38 bits per heavy atom. The molecule has 2 aromatic heterocycles. The van der Waals surface area contributed by atoms with Gasteiger partial charge in [-0.1, -0.05) is 0 Å². The van der Waals surface area contributed by atoms with Crippen molar-refractivity contribution in [2.45, 2.75) is 13.5 Å². The fraction of sp³-hybridized carbons (Fsp3) is 0.200. The molecule has 0 radical (unpaired) electrons. The zero-order valence-corrected chi connectivity index (χ0v) is 8.77. The van der Waals surface area contributed by atoms with Gasteiger partial charge in [-0.2, -0.15) is 15.4 Å². The molecule has 0 aliphatic rings. The van der Waals surface area contributed by atoms with Crippen LogP contribution in [0.15, 0.2) is 24.5 Å². The van der Waals surface area contributed by atoms with Gasteiger partial charge < -0.3 is 5.32 Å². The first kappa shape index (κ1) is 10.3. The molecular weight excluding hydrogens is 206 g/mol. The zero-order chi connectivity index (χ0) is 11.4. The van der Waals surface area contributed by atoms with Gasteiger partial charge >= 0.3 is 0 Å². The summed E-state index contributed by atoms with van der Waals surface area (Å²) in [6.45, 7) is 2.18. The lowest BCUT2D eigenvalue weighted by molar-refractivity contribution is 0.0945. The molecule has 0 aromatic carbocycles. The van der Waals surface area contributed by atoms with Crippen molar-refractivity contribution in [1.82, 2.24) is 25.7 Å². The van der Waals surface area contributed by atoms with Crippen LogP contribution >= 0.6 is 0 Å². The first-order valence-electron chi connectivity index (χ1n) is 4.82. The number of hydrogen-bond donors (Lipinski definition) is 2. The highest BCUT2D eigenvalue weighted by molar-refractivity contribution is 5.92. The van der Waals surface area contributed by atoms with Crippen LogP contribution in [0.2, 0.25) is 0 Å². The van der Waals surface area contributed by atoms with Gasteiger partial charge in [-0.15, -0.1) is 0 Å². The molecule has 1 amide bonds. The number of aromatic nitrogens is 4. The van der Waals surface area contributed by atoms with Crippen molar-refractivity contribution >= 4 is 5.91 Å². The van der Waals surface area contributed by atoms with Gasteiger partial charge in [-0.25, -0.2) is 0 Å². The molecule has 2 heterocycles. The van der Waals surface area contributed by atoms with Crippen LogP contribution in [0.4, 0.5) is 0 Å². The summed E-state index contributed by atoms with van der Waals surface area (Å²) in [6, 6.07) is 3.69. The predicted molar refractivity (Wildman–Crippen MR) is 56.5 cm³/mol. The zero-order valence-electron chi connectivity index (χ0n) is 8.77. The van der Waals surface area contributed by atoms with Crippen LogP contribution < -0.4 is 5.32 Å². The van der Waals surface area contributed by atoms with Gasteiger partial charge in [0, 0.05) is 18.9 Å². The molecule has 0 spiro atoms. The van der Waals surface area contributed by atoms with Crippen molar-refractivity contribution in [3.05, 3.63) is 41.5 Å². The summed E-state index contributed by atoms with van der Waals surface area (Å²) in [4.78, 5) is 15.5. The highest BCUT2D eigenvalue weighted by Gasteiger charge is 2.12. The molecule has 0 aliphatic carbocycles. The van der Waals surface area contributed by atoms with Gasteiger partial charge in [-0.3, -0.25) is 9.78 Å². The molecule has 0 unspecified atom stereocenters. The van der Waals surface area contributed by atoms with E-state index in [4.69, 9.17) is 0 Å². The Kier molecular flexibility index (Phi) is 2.90. The van der Waals surface area contributed by atoms with Crippen molar-refractivity contribution in [3.63, 3.8) is 0 Å². The van der Waals surface area contributed by atoms with E-state index in [0.29, 0.717) is 17.9 Å². The van der Waals surface area contributed by atoms with E-state index in [0.717, 1.165) is 5.56 Å². The average molecular weight is 217 g/mol. The molecule has 0 saturated heterocycles. The molecule has 0 aliphatic heterocycles. The van der Waals surface area contributed by atoms with Crippen LogP contribution in [0.1, 0.15) is 21.7 Å². The topological polar surface area (TPSA) is 83.6 Å². The van der Waals surface area contributed by atoms with Gasteiger partial charge in [0.15, 0.2) is 5.69 Å². The van der Waals surface area contributed by atoms with Crippen molar-refractivity contribution < 1.29 is 4.79 Å². The summed E-state index contributed by atoms with van der Waals surface area (Å²) in [6.07, 6.45) is 3.37. The summed E-state index contributed by atoms with van der Waals surface area (Å²) in [7, 11) is 0. The number of nitrogens with one attached hydrogen (secondary N) is 2. The van der Waals surface area contributed by atoms with Crippen LogP contribution in [-0.4, -0.2) is 26.3 Å². The smallest absolute Gasteiger partial charge is 0.274 e. The molecule has 0 bridgehead atoms. The lowest BCUT2D eigenvalue weighted by atomic mass is 10.2. The number of amides is 1. The van der Waals surface area contributed by atoms with Crippen LogP contribution in [0, 0.1) is 6.92 Å². The Bertz CT molecular complexity index is 479. The van der Waals surface area contributed by atoms with Crippen molar-refractivity contribution in [2.75, 3.05) is 0 Å². The molecule has 0 saturated carbocycles. The number of aryl methyl sites for hydroxylation is 1. The quantitative estimate of drug-likeness (QED) is 0.781. The molecule has 0 fully saturated rings. The Morgan fingerprint density at radius 3 is 2.75 bits per heavy atom. The summed E-state index contributed by atoms with van der Waals surface area (Å²) >= 11 is 0. The van der Waals surface area contributed by atoms with Crippen LogP contribution in [0.3, 0.4) is 0 Å². The summed E-state index contributed by atoms with van der Waals surface area (Å²) < 4.78 is 0. The second kappa shape index (κ2) is 4.52. The van der Waals surface area contributed by atoms with E-state index in [9.17, 15) is 4.79 Å². The lowest BCUT2D eigenvalue weighted by Gasteiger charge is -2.02. The molecule has 2 aromatic rings. The molecule has 6 nitrogen and oxygen atoms in total. The second-order valence-electron chi connectivity index (χ2n) is 3.30. The maximum Gasteiger partial charge on any atom is 0.274 e. The highest BCUT2D eigenvalue weighted by atomic mass is 16.2. The minimum Gasteiger partial charge on any atom is -0.347 e. The number of carbonyl (C=O) groups is 1. The largest absolute Gasteiger partial charge is 0.347 e. The van der Waals surface area contributed by atoms with E-state index in [-0.39, 0.29) is 5.91 Å². The highest BCUT2D eigenvalue weighted by Crippen LogP contribution is 2.00. The second-order valence-corrected chi connectivity index (χ2v) is 3.30. The van der Waals surface area contributed by atoms with Gasteiger partial charge in [0.2, 0.25) is 0 Å². The first-order chi connectivity index (χ1) is 7.77. The van der Waals surface area contributed by atoms with E-state index < -0.39 is 0 Å². The van der Waals surface area contributed by atoms with Crippen molar-refractivity contribution in [1.29, 1.82) is 0 Å². The van der Waals surface area contributed by atoms with Crippen LogP contribution in [-0.2, 0) is 6.54 Å². The number of nitrogens with zero attached hydrogens (tertiary/aromatic N) is 3. The van der Waals surface area contributed by atoms with E-state index >= 15 is 0 Å². The number of carbonyl (C=O) groups excluding carboxylic acids is 1. The van der Waals surface area contributed by atoms with Gasteiger partial charge in [0.25, 0.3) is 5.91 Å². The minimum atomic E-state index is -0.233. The lowest BCUT2D eigenvalue weighted by Crippen LogP contribution is -2.23. The summed E-state index contributed by atoms with van der Waals surface area (Å²) in [5, 5.41) is 12.7. The molecule has 82 valence electrons. The fourth-order valence-corrected chi connectivity index (χ4v) is 1.27. The third kappa shape index (κ3) is 2.22. The van der Waals surface area contributed by atoms with Gasteiger partial charge in [0.1, 0.15) is 0 Å². The number of H-pyrrole nitrogens is 1. The number of rotatable bonds is 3. The van der Waals surface area contributed by atoms with Crippen LogP contribution in [0.5, 0.6) is 0 Å². The van der Waals surface area contributed by atoms with E-state index in [1.165, 1.54) is 0 Å². The third-order valence-corrected chi connectivity index (χ3v) is 2.14. The molecule has 16 heavy (non-hydrogen) atoms. The van der Waals surface area contributed by atoms with E-state index in [2.05, 4.69) is 25.7 Å². The monoisotopic (exact) mass is 217 g/mol. The predicted octanol–water partition coefficient (Wildman–Crippen LogP) is 0.438. The average Bonchev–Trinajstić information content (AvgIpc) is 2.74. The molecule has 6 heteroatoms. The standard InChI is InChI=1S/C10H11N5O/c1-7-9(14-15-13-7)10(16)12-6-8-2-4-11-5-3-8/h2-5H,6H2,1H3,(H,12,16)(H,13,14,15). The molecule has 2 rings (SSSR count). The summed E-state index contributed by atoms with van der Waals surface area (Å²) in [5.74, 6) is -0.233. The van der Waals surface area contributed by atoms with Gasteiger partial charge in [0.05, 0.1) is 5.69 Å². The minimum absolute atomic E-state index is 0.233. The Balaban J connectivity index is 1.97. The van der Waals surface area contributed by atoms with E-state index in [1.54, 1.807) is 19.3 Å².